The number of nitrogens with one attached hydrogen (secondary N) is 1. The van der Waals surface area contributed by atoms with E-state index >= 15 is 0 Å². The molecule has 1 aromatic rings. The van der Waals surface area contributed by atoms with Crippen LogP contribution in [0.25, 0.3) is 0 Å². The maximum absolute atomic E-state index is 11.7. The molecule has 0 aromatic heterocycles. The minimum absolute atomic E-state index is 0. The smallest absolute Gasteiger partial charge is 0.245 e. The molecular formula is C15H27IN4O5S2. The number of aliphatic imine (C=N–C) groups is 1. The van der Waals surface area contributed by atoms with Gasteiger partial charge in [-0.3, -0.25) is 4.99 Å². The van der Waals surface area contributed by atoms with E-state index in [4.69, 9.17) is 10.5 Å². The van der Waals surface area contributed by atoms with E-state index in [0.29, 0.717) is 41.0 Å². The maximum Gasteiger partial charge on any atom is 0.245 e. The summed E-state index contributed by atoms with van der Waals surface area (Å²) in [6.45, 7) is 5.46. The van der Waals surface area contributed by atoms with Crippen LogP contribution in [-0.2, 0) is 20.0 Å². The molecule has 0 bridgehead atoms. The molecule has 1 rings (SSSR count). The molecule has 12 heteroatoms. The van der Waals surface area contributed by atoms with Gasteiger partial charge in [-0.2, -0.15) is 3.71 Å². The highest BCUT2D eigenvalue weighted by atomic mass is 127. The predicted octanol–water partition coefficient (Wildman–Crippen LogP) is 0.969. The summed E-state index contributed by atoms with van der Waals surface area (Å²) < 4.78 is 52.7. The van der Waals surface area contributed by atoms with Crippen LogP contribution in [0.4, 0.5) is 5.69 Å². The first-order chi connectivity index (χ1) is 11.9. The second kappa shape index (κ2) is 10.9. The summed E-state index contributed by atoms with van der Waals surface area (Å²) >= 11 is 0. The van der Waals surface area contributed by atoms with E-state index in [0.717, 1.165) is 12.5 Å². The SMILES string of the molecule is CC(C)CN=C(N)NCCOc1ccc(N(S(C)(=O)=O)S(C)(=O)=O)cc1.I. The molecule has 0 aliphatic carbocycles. The van der Waals surface area contributed by atoms with Crippen LogP contribution in [0.2, 0.25) is 0 Å². The normalized spacial score (nSPS) is 12.4. The van der Waals surface area contributed by atoms with Gasteiger partial charge >= 0.3 is 0 Å². The first-order valence-electron chi connectivity index (χ1n) is 7.88. The zero-order valence-corrected chi connectivity index (χ0v) is 19.7. The zero-order chi connectivity index (χ0) is 20.0. The molecule has 0 unspecified atom stereocenters. The number of ether oxygens (including phenoxy) is 1. The van der Waals surface area contributed by atoms with Crippen LogP contribution >= 0.6 is 24.0 Å². The van der Waals surface area contributed by atoms with Crippen LogP contribution < -0.4 is 19.5 Å². The Balaban J connectivity index is 0.00000676. The molecule has 27 heavy (non-hydrogen) atoms. The highest BCUT2D eigenvalue weighted by molar-refractivity contribution is 14.0. The second-order valence-electron chi connectivity index (χ2n) is 6.11. The van der Waals surface area contributed by atoms with Crippen molar-refractivity contribution >= 4 is 55.7 Å². The van der Waals surface area contributed by atoms with E-state index in [1.54, 1.807) is 0 Å². The summed E-state index contributed by atoms with van der Waals surface area (Å²) in [5, 5.41) is 2.91. The van der Waals surface area contributed by atoms with Crippen molar-refractivity contribution in [2.45, 2.75) is 13.8 Å². The van der Waals surface area contributed by atoms with Gasteiger partial charge in [-0.25, -0.2) is 16.8 Å². The van der Waals surface area contributed by atoms with Crippen molar-refractivity contribution in [3.63, 3.8) is 0 Å². The quantitative estimate of drug-likeness (QED) is 0.209. The van der Waals surface area contributed by atoms with Crippen molar-refractivity contribution in [3.8, 4) is 5.75 Å². The fourth-order valence-electron chi connectivity index (χ4n) is 1.98. The van der Waals surface area contributed by atoms with Gasteiger partial charge in [0, 0.05) is 6.54 Å². The van der Waals surface area contributed by atoms with Crippen LogP contribution in [0.15, 0.2) is 29.3 Å². The Morgan fingerprint density at radius 3 is 2.11 bits per heavy atom. The molecule has 0 fully saturated rings. The van der Waals surface area contributed by atoms with Crippen LogP contribution in [0.1, 0.15) is 13.8 Å². The van der Waals surface area contributed by atoms with E-state index in [2.05, 4.69) is 10.3 Å². The predicted molar refractivity (Wildman–Crippen MR) is 119 cm³/mol. The molecule has 0 radical (unpaired) electrons. The Morgan fingerprint density at radius 1 is 1.15 bits per heavy atom. The standard InChI is InChI=1S/C15H26N4O5S2.HI/c1-12(2)11-18-15(16)17-9-10-24-14-7-5-13(6-8-14)19(25(3,20)21)26(4,22)23;/h5-8,12H,9-11H2,1-4H3,(H3,16,17,18);1H. The Labute approximate surface area is 178 Å². The lowest BCUT2D eigenvalue weighted by atomic mass is 10.2. The first kappa shape index (κ1) is 25.7. The van der Waals surface area contributed by atoms with Crippen LogP contribution in [0.5, 0.6) is 5.75 Å². The fourth-order valence-corrected chi connectivity index (χ4v) is 4.95. The van der Waals surface area contributed by atoms with Gasteiger partial charge < -0.3 is 15.8 Å². The molecule has 3 N–H and O–H groups in total. The van der Waals surface area contributed by atoms with Gasteiger partial charge in [0.05, 0.1) is 24.7 Å². The van der Waals surface area contributed by atoms with Crippen molar-refractivity contribution in [1.82, 2.24) is 5.32 Å². The number of sulfonamides is 2. The maximum atomic E-state index is 11.7. The lowest BCUT2D eigenvalue weighted by Gasteiger charge is -2.19. The Kier molecular flexibility index (Phi) is 10.4. The number of guanidine groups is 1. The van der Waals surface area contributed by atoms with Crippen molar-refractivity contribution < 1.29 is 21.6 Å². The molecule has 0 saturated heterocycles. The Hall–Kier alpha value is -1.28. The summed E-state index contributed by atoms with van der Waals surface area (Å²) in [6.07, 6.45) is 1.66. The molecular weight excluding hydrogens is 507 g/mol. The fraction of sp³-hybridized carbons (Fsp3) is 0.533. The number of rotatable bonds is 9. The number of halogens is 1. The highest BCUT2D eigenvalue weighted by Gasteiger charge is 2.27. The largest absolute Gasteiger partial charge is 0.492 e. The summed E-state index contributed by atoms with van der Waals surface area (Å²) in [4.78, 5) is 4.15. The Bertz CT molecular complexity index is 792. The summed E-state index contributed by atoms with van der Waals surface area (Å²) in [5.74, 6) is 1.23. The van der Waals surface area contributed by atoms with Gasteiger partial charge in [0.1, 0.15) is 12.4 Å². The van der Waals surface area contributed by atoms with Crippen molar-refractivity contribution in [2.75, 3.05) is 35.9 Å². The number of nitrogens with zero attached hydrogens (tertiary/aromatic N) is 2. The summed E-state index contributed by atoms with van der Waals surface area (Å²) in [7, 11) is -7.93. The van der Waals surface area contributed by atoms with E-state index in [1.165, 1.54) is 24.3 Å². The minimum atomic E-state index is -3.96. The summed E-state index contributed by atoms with van der Waals surface area (Å²) in [6, 6.07) is 5.72. The lowest BCUT2D eigenvalue weighted by molar-refractivity contribution is 0.322. The van der Waals surface area contributed by atoms with Gasteiger partial charge in [-0.15, -0.1) is 24.0 Å². The van der Waals surface area contributed by atoms with Crippen LogP contribution in [0.3, 0.4) is 0 Å². The molecule has 0 aliphatic rings. The molecule has 156 valence electrons. The third-order valence-electron chi connectivity index (χ3n) is 2.95. The van der Waals surface area contributed by atoms with Crippen LogP contribution in [0, 0.1) is 5.92 Å². The minimum Gasteiger partial charge on any atom is -0.492 e. The van der Waals surface area contributed by atoms with E-state index in [1.807, 2.05) is 13.8 Å². The van der Waals surface area contributed by atoms with Gasteiger partial charge in [0.25, 0.3) is 0 Å². The highest BCUT2D eigenvalue weighted by Crippen LogP contribution is 2.23. The van der Waals surface area contributed by atoms with E-state index in [9.17, 15) is 16.8 Å². The lowest BCUT2D eigenvalue weighted by Crippen LogP contribution is -2.35. The van der Waals surface area contributed by atoms with E-state index < -0.39 is 20.0 Å². The van der Waals surface area contributed by atoms with Gasteiger partial charge in [0.15, 0.2) is 5.96 Å². The molecule has 0 atom stereocenters. The third kappa shape index (κ3) is 9.46. The molecule has 0 saturated carbocycles. The van der Waals surface area contributed by atoms with E-state index in [-0.39, 0.29) is 29.7 Å². The third-order valence-corrected chi connectivity index (χ3v) is 6.20. The number of benzene rings is 1. The first-order valence-corrected chi connectivity index (χ1v) is 11.6. The summed E-state index contributed by atoms with van der Waals surface area (Å²) in [5.41, 5.74) is 5.72. The number of nitrogens with two attached hydrogens (primary N) is 1. The van der Waals surface area contributed by atoms with Gasteiger partial charge in [-0.05, 0) is 30.2 Å². The average Bonchev–Trinajstić information content (AvgIpc) is 2.48. The van der Waals surface area contributed by atoms with Gasteiger partial charge in [-0.1, -0.05) is 13.8 Å². The molecule has 0 aliphatic heterocycles. The molecule has 0 amide bonds. The molecule has 0 spiro atoms. The topological polar surface area (TPSA) is 131 Å². The van der Waals surface area contributed by atoms with Crippen molar-refractivity contribution in [2.24, 2.45) is 16.6 Å². The molecule has 1 aromatic carbocycles. The Morgan fingerprint density at radius 2 is 1.67 bits per heavy atom. The zero-order valence-electron chi connectivity index (χ0n) is 15.7. The number of anilines is 1. The molecule has 9 nitrogen and oxygen atoms in total. The monoisotopic (exact) mass is 534 g/mol. The number of hydrogen-bond acceptors (Lipinski definition) is 6. The average molecular weight is 534 g/mol. The molecule has 0 heterocycles. The van der Waals surface area contributed by atoms with Crippen LogP contribution in [-0.4, -0.2) is 55.0 Å². The van der Waals surface area contributed by atoms with Gasteiger partial charge in [0.2, 0.25) is 20.0 Å². The number of hydrogen-bond donors (Lipinski definition) is 2. The van der Waals surface area contributed by atoms with Crippen molar-refractivity contribution in [3.05, 3.63) is 24.3 Å². The second-order valence-corrected chi connectivity index (χ2v) is 10.0. The van der Waals surface area contributed by atoms with Crippen molar-refractivity contribution in [1.29, 1.82) is 0 Å².